The van der Waals surface area contributed by atoms with Gasteiger partial charge in [-0.15, -0.1) is 0 Å². The summed E-state index contributed by atoms with van der Waals surface area (Å²) in [6, 6.07) is 7.22. The van der Waals surface area contributed by atoms with Gasteiger partial charge in [0.1, 0.15) is 11.6 Å². The number of carbonyl (C=O) groups is 1. The number of rotatable bonds is 3. The standard InChI is InChI=1S/C14H9ClF2O2/c1-8(18)9-2-5-13(11(15)6-9)19-14-7-10(16)3-4-12(14)17/h2-7H,1H3. The SMILES string of the molecule is CC(=O)c1ccc(Oc2cc(F)ccc2F)c(Cl)c1. The molecule has 19 heavy (non-hydrogen) atoms. The Hall–Kier alpha value is -1.94. The molecular weight excluding hydrogens is 274 g/mol. The van der Waals surface area contributed by atoms with Gasteiger partial charge in [0.15, 0.2) is 17.3 Å². The molecule has 0 saturated carbocycles. The molecule has 0 bridgehead atoms. The summed E-state index contributed by atoms with van der Waals surface area (Å²) < 4.78 is 31.6. The largest absolute Gasteiger partial charge is 0.453 e. The number of hydrogen-bond acceptors (Lipinski definition) is 2. The van der Waals surface area contributed by atoms with Crippen LogP contribution in [-0.4, -0.2) is 5.78 Å². The van der Waals surface area contributed by atoms with Crippen LogP contribution in [0.2, 0.25) is 5.02 Å². The van der Waals surface area contributed by atoms with Crippen molar-refractivity contribution in [1.29, 1.82) is 0 Å². The zero-order valence-electron chi connectivity index (χ0n) is 9.91. The molecule has 0 spiro atoms. The highest BCUT2D eigenvalue weighted by atomic mass is 35.5. The first kappa shape index (κ1) is 13.5. The second kappa shape index (κ2) is 5.36. The van der Waals surface area contributed by atoms with E-state index in [-0.39, 0.29) is 22.3 Å². The van der Waals surface area contributed by atoms with Crippen molar-refractivity contribution in [3.05, 3.63) is 58.6 Å². The monoisotopic (exact) mass is 282 g/mol. The minimum Gasteiger partial charge on any atom is -0.453 e. The van der Waals surface area contributed by atoms with Gasteiger partial charge in [-0.05, 0) is 37.3 Å². The highest BCUT2D eigenvalue weighted by molar-refractivity contribution is 6.32. The fourth-order valence-corrected chi connectivity index (χ4v) is 1.70. The molecule has 0 N–H and O–H groups in total. The maximum Gasteiger partial charge on any atom is 0.166 e. The number of ketones is 1. The second-order valence-corrected chi connectivity index (χ2v) is 4.29. The molecule has 0 heterocycles. The van der Waals surface area contributed by atoms with Gasteiger partial charge in [0, 0.05) is 11.6 Å². The summed E-state index contributed by atoms with van der Waals surface area (Å²) in [7, 11) is 0. The zero-order valence-corrected chi connectivity index (χ0v) is 10.7. The Bertz CT molecular complexity index is 641. The first-order valence-corrected chi connectivity index (χ1v) is 5.78. The molecule has 5 heteroatoms. The molecule has 0 radical (unpaired) electrons. The van der Waals surface area contributed by atoms with E-state index in [9.17, 15) is 13.6 Å². The number of carbonyl (C=O) groups excluding carboxylic acids is 1. The minimum absolute atomic E-state index is 0.148. The van der Waals surface area contributed by atoms with Gasteiger partial charge >= 0.3 is 0 Å². The first-order chi connectivity index (χ1) is 8.97. The van der Waals surface area contributed by atoms with Gasteiger partial charge in [-0.25, -0.2) is 8.78 Å². The Morgan fingerprint density at radius 1 is 1.11 bits per heavy atom. The number of ether oxygens (including phenoxy) is 1. The molecule has 0 saturated heterocycles. The van der Waals surface area contributed by atoms with E-state index in [0.717, 1.165) is 18.2 Å². The number of Topliss-reactive ketones (excluding diaryl/α,β-unsaturated/α-hetero) is 1. The van der Waals surface area contributed by atoms with Crippen molar-refractivity contribution in [1.82, 2.24) is 0 Å². The predicted octanol–water partition coefficient (Wildman–Crippen LogP) is 4.61. The van der Waals surface area contributed by atoms with Crippen molar-refractivity contribution in [3.63, 3.8) is 0 Å². The van der Waals surface area contributed by atoms with Crippen LogP contribution < -0.4 is 4.74 Å². The average Bonchev–Trinajstić information content (AvgIpc) is 2.36. The van der Waals surface area contributed by atoms with Crippen LogP contribution >= 0.6 is 11.6 Å². The topological polar surface area (TPSA) is 26.3 Å². The summed E-state index contributed by atoms with van der Waals surface area (Å²) >= 11 is 5.92. The summed E-state index contributed by atoms with van der Waals surface area (Å²) in [5.41, 5.74) is 0.414. The van der Waals surface area contributed by atoms with E-state index in [0.29, 0.717) is 5.56 Å². The van der Waals surface area contributed by atoms with Crippen molar-refractivity contribution in [3.8, 4) is 11.5 Å². The van der Waals surface area contributed by atoms with E-state index in [4.69, 9.17) is 16.3 Å². The third kappa shape index (κ3) is 3.09. The first-order valence-electron chi connectivity index (χ1n) is 5.41. The third-order valence-electron chi connectivity index (χ3n) is 2.45. The Labute approximate surface area is 113 Å². The second-order valence-electron chi connectivity index (χ2n) is 3.88. The smallest absolute Gasteiger partial charge is 0.166 e. The van der Waals surface area contributed by atoms with Gasteiger partial charge in [-0.1, -0.05) is 11.6 Å². The summed E-state index contributed by atoms with van der Waals surface area (Å²) in [6.07, 6.45) is 0. The van der Waals surface area contributed by atoms with Gasteiger partial charge in [-0.2, -0.15) is 0 Å². The van der Waals surface area contributed by atoms with E-state index < -0.39 is 11.6 Å². The Kier molecular flexibility index (Phi) is 3.81. The molecule has 0 unspecified atom stereocenters. The van der Waals surface area contributed by atoms with Crippen molar-refractivity contribution in [2.75, 3.05) is 0 Å². The Morgan fingerprint density at radius 3 is 2.47 bits per heavy atom. The van der Waals surface area contributed by atoms with Crippen molar-refractivity contribution in [2.24, 2.45) is 0 Å². The van der Waals surface area contributed by atoms with E-state index in [1.807, 2.05) is 0 Å². The number of benzene rings is 2. The molecule has 0 aromatic heterocycles. The maximum atomic E-state index is 13.4. The molecule has 0 atom stereocenters. The molecular formula is C14H9ClF2O2. The quantitative estimate of drug-likeness (QED) is 0.768. The molecule has 2 aromatic carbocycles. The molecule has 98 valence electrons. The average molecular weight is 283 g/mol. The van der Waals surface area contributed by atoms with Gasteiger partial charge in [0.05, 0.1) is 5.02 Å². The summed E-state index contributed by atoms with van der Waals surface area (Å²) in [5.74, 6) is -1.58. The molecule has 0 aliphatic carbocycles. The lowest BCUT2D eigenvalue weighted by Crippen LogP contribution is -1.94. The van der Waals surface area contributed by atoms with Crippen LogP contribution in [0.5, 0.6) is 11.5 Å². The van der Waals surface area contributed by atoms with Gasteiger partial charge in [-0.3, -0.25) is 4.79 Å². The van der Waals surface area contributed by atoms with Crippen LogP contribution in [0.4, 0.5) is 8.78 Å². The lowest BCUT2D eigenvalue weighted by atomic mass is 10.1. The van der Waals surface area contributed by atoms with E-state index in [1.165, 1.54) is 25.1 Å². The summed E-state index contributed by atoms with van der Waals surface area (Å²) in [4.78, 5) is 11.2. The number of halogens is 3. The fraction of sp³-hybridized carbons (Fsp3) is 0.0714. The third-order valence-corrected chi connectivity index (χ3v) is 2.75. The normalized spacial score (nSPS) is 10.3. The Balaban J connectivity index is 2.33. The van der Waals surface area contributed by atoms with E-state index in [1.54, 1.807) is 0 Å². The molecule has 2 rings (SSSR count). The van der Waals surface area contributed by atoms with E-state index >= 15 is 0 Å². The molecule has 2 nitrogen and oxygen atoms in total. The Morgan fingerprint density at radius 2 is 1.84 bits per heavy atom. The van der Waals surface area contributed by atoms with Gasteiger partial charge < -0.3 is 4.74 Å². The molecule has 2 aromatic rings. The molecule has 0 aliphatic heterocycles. The van der Waals surface area contributed by atoms with Gasteiger partial charge in [0.25, 0.3) is 0 Å². The highest BCUT2D eigenvalue weighted by Gasteiger charge is 2.10. The lowest BCUT2D eigenvalue weighted by Gasteiger charge is -2.09. The fourth-order valence-electron chi connectivity index (χ4n) is 1.48. The molecule has 0 amide bonds. The van der Waals surface area contributed by atoms with Crippen molar-refractivity contribution >= 4 is 17.4 Å². The molecule has 0 fully saturated rings. The van der Waals surface area contributed by atoms with Crippen LogP contribution in [0.3, 0.4) is 0 Å². The predicted molar refractivity (Wildman–Crippen MR) is 67.9 cm³/mol. The summed E-state index contributed by atoms with van der Waals surface area (Å²) in [5, 5.41) is 0.149. The zero-order chi connectivity index (χ0) is 14.0. The molecule has 0 aliphatic rings. The van der Waals surface area contributed by atoms with Crippen LogP contribution in [0, 0.1) is 11.6 Å². The van der Waals surface area contributed by atoms with E-state index in [2.05, 4.69) is 0 Å². The number of hydrogen-bond donors (Lipinski definition) is 0. The van der Waals surface area contributed by atoms with Crippen LogP contribution in [0.25, 0.3) is 0 Å². The maximum absolute atomic E-state index is 13.4. The van der Waals surface area contributed by atoms with Crippen molar-refractivity contribution in [2.45, 2.75) is 6.92 Å². The van der Waals surface area contributed by atoms with Crippen LogP contribution in [0.1, 0.15) is 17.3 Å². The van der Waals surface area contributed by atoms with Crippen molar-refractivity contribution < 1.29 is 18.3 Å². The summed E-state index contributed by atoms with van der Waals surface area (Å²) in [6.45, 7) is 1.40. The highest BCUT2D eigenvalue weighted by Crippen LogP contribution is 2.31. The van der Waals surface area contributed by atoms with Gasteiger partial charge in [0.2, 0.25) is 0 Å². The lowest BCUT2D eigenvalue weighted by molar-refractivity contribution is 0.101. The van der Waals surface area contributed by atoms with Crippen LogP contribution in [-0.2, 0) is 0 Å². The minimum atomic E-state index is -0.701. The van der Waals surface area contributed by atoms with Crippen LogP contribution in [0.15, 0.2) is 36.4 Å².